The fourth-order valence-electron chi connectivity index (χ4n) is 4.22. The van der Waals surface area contributed by atoms with E-state index >= 15 is 0 Å². The van der Waals surface area contributed by atoms with Crippen molar-refractivity contribution < 1.29 is 4.42 Å². The lowest BCUT2D eigenvalue weighted by atomic mass is 10.0. The van der Waals surface area contributed by atoms with Gasteiger partial charge in [0.25, 0.3) is 0 Å². The lowest BCUT2D eigenvalue weighted by molar-refractivity contribution is 0.646. The Kier molecular flexibility index (Phi) is 3.66. The quantitative estimate of drug-likeness (QED) is 0.309. The summed E-state index contributed by atoms with van der Waals surface area (Å²) >= 11 is 0. The molecule has 0 radical (unpaired) electrons. The van der Waals surface area contributed by atoms with Crippen LogP contribution in [0.5, 0.6) is 0 Å². The summed E-state index contributed by atoms with van der Waals surface area (Å²) in [5, 5.41) is 6.72. The summed E-state index contributed by atoms with van der Waals surface area (Å²) in [5.41, 5.74) is 3.55. The van der Waals surface area contributed by atoms with E-state index in [1.165, 1.54) is 10.8 Å². The van der Waals surface area contributed by atoms with Gasteiger partial charge in [-0.3, -0.25) is 0 Å². The van der Waals surface area contributed by atoms with Crippen molar-refractivity contribution in [1.82, 2.24) is 9.97 Å². The standard InChI is InChI=1S/C27H20N2O/c1-16(2)26-28-24(20-12-11-17-7-3-4-9-19(17)15-20)23-22-14-13-18-8-5-6-10-21(18)25(22)30-27(23)29-26/h3-16H,1-2H3. The zero-order chi connectivity index (χ0) is 20.2. The molecule has 0 spiro atoms. The molecular formula is C27H20N2O. The number of furan rings is 1. The lowest BCUT2D eigenvalue weighted by Gasteiger charge is -2.09. The van der Waals surface area contributed by atoms with Crippen LogP contribution in [0.3, 0.4) is 0 Å². The van der Waals surface area contributed by atoms with Crippen molar-refractivity contribution in [3.05, 3.63) is 84.7 Å². The molecule has 0 amide bonds. The molecule has 0 saturated carbocycles. The van der Waals surface area contributed by atoms with Crippen molar-refractivity contribution in [2.75, 3.05) is 0 Å². The van der Waals surface area contributed by atoms with Crippen molar-refractivity contribution >= 4 is 43.6 Å². The molecule has 0 atom stereocenters. The molecule has 0 saturated heterocycles. The molecule has 2 aromatic heterocycles. The summed E-state index contributed by atoms with van der Waals surface area (Å²) in [6.45, 7) is 4.23. The number of aromatic nitrogens is 2. The summed E-state index contributed by atoms with van der Waals surface area (Å²) in [5.74, 6) is 1.01. The molecule has 0 aliphatic rings. The van der Waals surface area contributed by atoms with Crippen LogP contribution in [0.15, 0.2) is 83.3 Å². The fourth-order valence-corrected chi connectivity index (χ4v) is 4.22. The van der Waals surface area contributed by atoms with Crippen LogP contribution in [-0.2, 0) is 0 Å². The Morgan fingerprint density at radius 2 is 1.43 bits per heavy atom. The third kappa shape index (κ3) is 2.52. The Labute approximate surface area is 174 Å². The van der Waals surface area contributed by atoms with Gasteiger partial charge in [-0.1, -0.05) is 80.6 Å². The largest absolute Gasteiger partial charge is 0.437 e. The maximum atomic E-state index is 6.36. The highest BCUT2D eigenvalue weighted by Gasteiger charge is 2.19. The highest BCUT2D eigenvalue weighted by Crippen LogP contribution is 2.39. The van der Waals surface area contributed by atoms with Crippen LogP contribution in [0.4, 0.5) is 0 Å². The second kappa shape index (κ2) is 6.39. The fraction of sp³-hybridized carbons (Fsp3) is 0.111. The number of benzene rings is 4. The van der Waals surface area contributed by atoms with Crippen molar-refractivity contribution in [1.29, 1.82) is 0 Å². The van der Waals surface area contributed by atoms with E-state index in [0.29, 0.717) is 5.71 Å². The van der Waals surface area contributed by atoms with E-state index in [9.17, 15) is 0 Å². The molecule has 3 heteroatoms. The van der Waals surface area contributed by atoms with Gasteiger partial charge in [-0.25, -0.2) is 4.98 Å². The lowest BCUT2D eigenvalue weighted by Crippen LogP contribution is -1.99. The van der Waals surface area contributed by atoms with Gasteiger partial charge in [0.1, 0.15) is 11.4 Å². The second-order valence-electron chi connectivity index (χ2n) is 8.09. The Bertz CT molecular complexity index is 1580. The van der Waals surface area contributed by atoms with Gasteiger partial charge in [0.05, 0.1) is 11.1 Å². The molecule has 0 bridgehead atoms. The summed E-state index contributed by atoms with van der Waals surface area (Å²) < 4.78 is 6.36. The van der Waals surface area contributed by atoms with Crippen LogP contribution >= 0.6 is 0 Å². The van der Waals surface area contributed by atoms with Crippen molar-refractivity contribution in [2.45, 2.75) is 19.8 Å². The van der Waals surface area contributed by atoms with Gasteiger partial charge in [0.15, 0.2) is 0 Å². The van der Waals surface area contributed by atoms with Gasteiger partial charge >= 0.3 is 0 Å². The predicted molar refractivity (Wildman–Crippen MR) is 124 cm³/mol. The summed E-state index contributed by atoms with van der Waals surface area (Å²) in [6, 6.07) is 27.5. The first-order chi connectivity index (χ1) is 14.7. The zero-order valence-electron chi connectivity index (χ0n) is 16.9. The normalized spacial score (nSPS) is 12.0. The number of hydrogen-bond acceptors (Lipinski definition) is 3. The van der Waals surface area contributed by atoms with Crippen LogP contribution in [0.1, 0.15) is 25.6 Å². The van der Waals surface area contributed by atoms with Crippen molar-refractivity contribution in [3.63, 3.8) is 0 Å². The third-order valence-corrected chi connectivity index (χ3v) is 5.78. The molecule has 30 heavy (non-hydrogen) atoms. The van der Waals surface area contributed by atoms with E-state index in [2.05, 4.69) is 80.6 Å². The molecule has 2 heterocycles. The van der Waals surface area contributed by atoms with Crippen LogP contribution in [0.2, 0.25) is 0 Å². The van der Waals surface area contributed by atoms with E-state index in [1.807, 2.05) is 12.1 Å². The first kappa shape index (κ1) is 17.2. The Balaban J connectivity index is 1.75. The molecule has 3 nitrogen and oxygen atoms in total. The highest BCUT2D eigenvalue weighted by atomic mass is 16.3. The maximum Gasteiger partial charge on any atom is 0.231 e. The molecule has 0 aliphatic carbocycles. The number of fused-ring (bicyclic) bond motifs is 6. The smallest absolute Gasteiger partial charge is 0.231 e. The van der Waals surface area contributed by atoms with Gasteiger partial charge in [0, 0.05) is 22.3 Å². The van der Waals surface area contributed by atoms with Gasteiger partial charge in [-0.15, -0.1) is 0 Å². The molecule has 0 aliphatic heterocycles. The van der Waals surface area contributed by atoms with Crippen LogP contribution in [0, 0.1) is 0 Å². The number of nitrogens with zero attached hydrogens (tertiary/aromatic N) is 2. The van der Waals surface area contributed by atoms with E-state index in [4.69, 9.17) is 14.4 Å². The zero-order valence-corrected chi connectivity index (χ0v) is 16.9. The topological polar surface area (TPSA) is 38.9 Å². The second-order valence-corrected chi connectivity index (χ2v) is 8.09. The Morgan fingerprint density at radius 3 is 2.27 bits per heavy atom. The van der Waals surface area contributed by atoms with Gasteiger partial charge in [0.2, 0.25) is 5.71 Å². The summed E-state index contributed by atoms with van der Waals surface area (Å²) in [4.78, 5) is 9.80. The van der Waals surface area contributed by atoms with Gasteiger partial charge < -0.3 is 4.42 Å². The molecule has 6 rings (SSSR count). The average molecular weight is 388 g/mol. The van der Waals surface area contributed by atoms with Crippen LogP contribution in [0.25, 0.3) is 54.9 Å². The minimum atomic E-state index is 0.207. The van der Waals surface area contributed by atoms with E-state index < -0.39 is 0 Å². The van der Waals surface area contributed by atoms with E-state index in [0.717, 1.165) is 44.2 Å². The minimum absolute atomic E-state index is 0.207. The van der Waals surface area contributed by atoms with Gasteiger partial charge in [-0.2, -0.15) is 4.98 Å². The first-order valence-corrected chi connectivity index (χ1v) is 10.3. The van der Waals surface area contributed by atoms with Crippen LogP contribution in [-0.4, -0.2) is 9.97 Å². The number of rotatable bonds is 2. The first-order valence-electron chi connectivity index (χ1n) is 10.3. The predicted octanol–water partition coefficient (Wildman–Crippen LogP) is 7.47. The van der Waals surface area contributed by atoms with E-state index in [-0.39, 0.29) is 5.92 Å². The minimum Gasteiger partial charge on any atom is -0.437 e. The highest BCUT2D eigenvalue weighted by molar-refractivity contribution is 6.17. The Morgan fingerprint density at radius 1 is 0.700 bits per heavy atom. The maximum absolute atomic E-state index is 6.36. The molecule has 144 valence electrons. The van der Waals surface area contributed by atoms with Crippen molar-refractivity contribution in [2.24, 2.45) is 0 Å². The van der Waals surface area contributed by atoms with Crippen LogP contribution < -0.4 is 0 Å². The molecule has 0 N–H and O–H groups in total. The summed E-state index contributed by atoms with van der Waals surface area (Å²) in [6.07, 6.45) is 0. The number of hydrogen-bond donors (Lipinski definition) is 0. The third-order valence-electron chi connectivity index (χ3n) is 5.78. The van der Waals surface area contributed by atoms with Gasteiger partial charge in [-0.05, 0) is 28.3 Å². The molecule has 4 aromatic carbocycles. The monoisotopic (exact) mass is 388 g/mol. The average Bonchev–Trinajstić information content (AvgIpc) is 3.17. The molecule has 6 aromatic rings. The van der Waals surface area contributed by atoms with Crippen molar-refractivity contribution in [3.8, 4) is 11.3 Å². The summed E-state index contributed by atoms with van der Waals surface area (Å²) in [7, 11) is 0. The molecular weight excluding hydrogens is 368 g/mol. The molecule has 0 fully saturated rings. The SMILES string of the molecule is CC(C)c1nc(-c2ccc3ccccc3c2)c2c(n1)oc1c3ccccc3ccc12. The molecule has 0 unspecified atom stereocenters. The Hall–Kier alpha value is -3.72. The van der Waals surface area contributed by atoms with E-state index in [1.54, 1.807) is 0 Å².